The molecule has 0 atom stereocenters. The van der Waals surface area contributed by atoms with Gasteiger partial charge in [0, 0.05) is 11.8 Å². The molecule has 0 unspecified atom stereocenters. The number of carbonyl (C=O) groups excluding carboxylic acids is 1. The first-order chi connectivity index (χ1) is 9.28. The molecule has 0 aliphatic carbocycles. The van der Waals surface area contributed by atoms with E-state index in [9.17, 15) is 18.0 Å². The largest absolute Gasteiger partial charge is 0.573 e. The van der Waals surface area contributed by atoms with Crippen LogP contribution in [0.25, 0.3) is 0 Å². The SMILES string of the molecule is CCOC(=O)Cc1cnc(OC)c(I)c1OC(F)(F)F. The zero-order chi connectivity index (χ0) is 15.3. The number of hydrogen-bond acceptors (Lipinski definition) is 5. The third kappa shape index (κ3) is 4.69. The van der Waals surface area contributed by atoms with Crippen LogP contribution in [0.15, 0.2) is 6.20 Å². The maximum Gasteiger partial charge on any atom is 0.573 e. The predicted octanol–water partition coefficient (Wildman–Crippen LogP) is 2.70. The number of rotatable bonds is 5. The molecule has 0 fully saturated rings. The lowest BCUT2D eigenvalue weighted by Gasteiger charge is -2.15. The highest BCUT2D eigenvalue weighted by Crippen LogP contribution is 2.35. The number of pyridine rings is 1. The van der Waals surface area contributed by atoms with Gasteiger partial charge in [-0.25, -0.2) is 4.98 Å². The number of esters is 1. The fourth-order valence-corrected chi connectivity index (χ4v) is 2.17. The Bertz CT molecular complexity index is 493. The van der Waals surface area contributed by atoms with Crippen molar-refractivity contribution >= 4 is 28.6 Å². The Morgan fingerprint density at radius 3 is 2.60 bits per heavy atom. The number of alkyl halides is 3. The van der Waals surface area contributed by atoms with Crippen LogP contribution in [0.3, 0.4) is 0 Å². The third-order valence-corrected chi connectivity index (χ3v) is 3.02. The minimum absolute atomic E-state index is 0.0162. The van der Waals surface area contributed by atoms with Gasteiger partial charge in [0.25, 0.3) is 0 Å². The molecule has 1 aromatic rings. The van der Waals surface area contributed by atoms with E-state index in [1.54, 1.807) is 29.5 Å². The van der Waals surface area contributed by atoms with Gasteiger partial charge < -0.3 is 14.2 Å². The van der Waals surface area contributed by atoms with E-state index in [2.05, 4.69) is 9.72 Å². The summed E-state index contributed by atoms with van der Waals surface area (Å²) in [6.45, 7) is 1.73. The number of halogens is 4. The summed E-state index contributed by atoms with van der Waals surface area (Å²) < 4.78 is 50.8. The van der Waals surface area contributed by atoms with E-state index >= 15 is 0 Å². The van der Waals surface area contributed by atoms with Crippen LogP contribution in [-0.4, -0.2) is 31.0 Å². The molecule has 0 N–H and O–H groups in total. The van der Waals surface area contributed by atoms with Crippen LogP contribution in [0, 0.1) is 3.57 Å². The number of hydrogen-bond donors (Lipinski definition) is 0. The number of carbonyl (C=O) groups is 1. The van der Waals surface area contributed by atoms with Crippen LogP contribution in [0.4, 0.5) is 13.2 Å². The van der Waals surface area contributed by atoms with Crippen molar-refractivity contribution in [3.8, 4) is 11.6 Å². The molecule has 1 rings (SSSR count). The van der Waals surface area contributed by atoms with E-state index in [4.69, 9.17) is 9.47 Å². The molecule has 0 bridgehead atoms. The molecule has 0 spiro atoms. The van der Waals surface area contributed by atoms with Gasteiger partial charge in [0.15, 0.2) is 5.75 Å². The molecule has 5 nitrogen and oxygen atoms in total. The average molecular weight is 405 g/mol. The Morgan fingerprint density at radius 2 is 2.10 bits per heavy atom. The Balaban J connectivity index is 3.15. The summed E-state index contributed by atoms with van der Waals surface area (Å²) >= 11 is 1.61. The summed E-state index contributed by atoms with van der Waals surface area (Å²) in [6, 6.07) is 0. The molecule has 0 saturated heterocycles. The van der Waals surface area contributed by atoms with Crippen molar-refractivity contribution in [2.24, 2.45) is 0 Å². The van der Waals surface area contributed by atoms with Crippen LogP contribution in [0.1, 0.15) is 12.5 Å². The minimum atomic E-state index is -4.88. The van der Waals surface area contributed by atoms with Crippen molar-refractivity contribution in [1.29, 1.82) is 0 Å². The number of aromatic nitrogens is 1. The van der Waals surface area contributed by atoms with Gasteiger partial charge in [-0.15, -0.1) is 13.2 Å². The average Bonchev–Trinajstić information content (AvgIpc) is 2.33. The van der Waals surface area contributed by atoms with E-state index in [1.165, 1.54) is 7.11 Å². The van der Waals surface area contributed by atoms with E-state index < -0.39 is 18.1 Å². The fraction of sp³-hybridized carbons (Fsp3) is 0.455. The summed E-state index contributed by atoms with van der Waals surface area (Å²) in [5, 5.41) is 0. The monoisotopic (exact) mass is 405 g/mol. The first-order valence-electron chi connectivity index (χ1n) is 5.41. The Morgan fingerprint density at radius 1 is 1.45 bits per heavy atom. The molecule has 0 radical (unpaired) electrons. The van der Waals surface area contributed by atoms with E-state index in [-0.39, 0.29) is 28.0 Å². The molecule has 0 aliphatic rings. The molecular weight excluding hydrogens is 394 g/mol. The molecule has 112 valence electrons. The van der Waals surface area contributed by atoms with Crippen molar-refractivity contribution in [2.75, 3.05) is 13.7 Å². The molecule has 0 aliphatic heterocycles. The highest BCUT2D eigenvalue weighted by molar-refractivity contribution is 14.1. The van der Waals surface area contributed by atoms with Gasteiger partial charge in [0.1, 0.15) is 3.57 Å². The lowest BCUT2D eigenvalue weighted by Crippen LogP contribution is -2.20. The molecule has 1 aromatic heterocycles. The Hall–Kier alpha value is -1.26. The maximum absolute atomic E-state index is 12.4. The van der Waals surface area contributed by atoms with E-state index in [0.717, 1.165) is 6.20 Å². The highest BCUT2D eigenvalue weighted by atomic mass is 127. The second kappa shape index (κ2) is 6.95. The highest BCUT2D eigenvalue weighted by Gasteiger charge is 2.34. The second-order valence-electron chi connectivity index (χ2n) is 3.47. The van der Waals surface area contributed by atoms with Crippen molar-refractivity contribution in [2.45, 2.75) is 19.7 Å². The van der Waals surface area contributed by atoms with Crippen molar-refractivity contribution < 1.29 is 32.2 Å². The topological polar surface area (TPSA) is 57.7 Å². The van der Waals surface area contributed by atoms with Crippen LogP contribution in [-0.2, 0) is 16.0 Å². The molecule has 0 amide bonds. The van der Waals surface area contributed by atoms with E-state index in [1.807, 2.05) is 0 Å². The fourth-order valence-electron chi connectivity index (χ4n) is 1.35. The van der Waals surface area contributed by atoms with Gasteiger partial charge in [-0.1, -0.05) is 0 Å². The van der Waals surface area contributed by atoms with Gasteiger partial charge in [-0.3, -0.25) is 4.79 Å². The Labute approximate surface area is 126 Å². The van der Waals surface area contributed by atoms with Gasteiger partial charge in [0.2, 0.25) is 5.88 Å². The molecule has 0 saturated carbocycles. The predicted molar refractivity (Wildman–Crippen MR) is 70.5 cm³/mol. The van der Waals surface area contributed by atoms with Crippen LogP contribution in [0.5, 0.6) is 11.6 Å². The Kier molecular flexibility index (Phi) is 5.84. The normalized spacial score (nSPS) is 11.1. The van der Waals surface area contributed by atoms with Crippen molar-refractivity contribution in [3.63, 3.8) is 0 Å². The smallest absolute Gasteiger partial charge is 0.480 e. The van der Waals surface area contributed by atoms with Gasteiger partial charge in [0.05, 0.1) is 20.1 Å². The lowest BCUT2D eigenvalue weighted by atomic mass is 10.2. The van der Waals surface area contributed by atoms with Crippen LogP contribution < -0.4 is 9.47 Å². The quantitative estimate of drug-likeness (QED) is 0.557. The number of ether oxygens (including phenoxy) is 3. The summed E-state index contributed by atoms with van der Waals surface area (Å²) in [6.07, 6.45) is -4.15. The minimum Gasteiger partial charge on any atom is -0.480 e. The zero-order valence-corrected chi connectivity index (χ0v) is 12.7. The first kappa shape index (κ1) is 16.8. The van der Waals surface area contributed by atoms with Gasteiger partial charge in [-0.2, -0.15) is 0 Å². The maximum atomic E-state index is 12.4. The second-order valence-corrected chi connectivity index (χ2v) is 4.54. The van der Waals surface area contributed by atoms with Crippen LogP contribution >= 0.6 is 22.6 Å². The molecule has 0 aromatic carbocycles. The first-order valence-corrected chi connectivity index (χ1v) is 6.49. The van der Waals surface area contributed by atoms with Gasteiger partial charge in [-0.05, 0) is 29.5 Å². The summed E-state index contributed by atoms with van der Waals surface area (Å²) in [4.78, 5) is 15.2. The lowest BCUT2D eigenvalue weighted by molar-refractivity contribution is -0.275. The third-order valence-electron chi connectivity index (χ3n) is 2.07. The van der Waals surface area contributed by atoms with Crippen molar-refractivity contribution in [3.05, 3.63) is 15.3 Å². The van der Waals surface area contributed by atoms with Crippen LogP contribution in [0.2, 0.25) is 0 Å². The zero-order valence-electron chi connectivity index (χ0n) is 10.6. The summed E-state index contributed by atoms with van der Waals surface area (Å²) in [5.74, 6) is -1.18. The number of methoxy groups -OCH3 is 1. The summed E-state index contributed by atoms with van der Waals surface area (Å²) in [5.41, 5.74) is -0.0222. The molecule has 1 heterocycles. The van der Waals surface area contributed by atoms with E-state index in [0.29, 0.717) is 0 Å². The molecular formula is C11H11F3INO4. The van der Waals surface area contributed by atoms with Gasteiger partial charge >= 0.3 is 12.3 Å². The molecule has 9 heteroatoms. The standard InChI is InChI=1S/C11H11F3INO4/c1-3-19-7(17)4-6-5-16-10(18-2)8(15)9(6)20-11(12,13)14/h5H,3-4H2,1-2H3. The molecule has 20 heavy (non-hydrogen) atoms. The number of nitrogens with zero attached hydrogens (tertiary/aromatic N) is 1. The van der Waals surface area contributed by atoms with Crippen molar-refractivity contribution in [1.82, 2.24) is 4.98 Å². The summed E-state index contributed by atoms with van der Waals surface area (Å²) in [7, 11) is 1.27.